The first-order valence-electron chi connectivity index (χ1n) is 8.46. The van der Waals surface area contributed by atoms with Crippen LogP contribution in [0.1, 0.15) is 20.8 Å². The molecule has 0 spiro atoms. The van der Waals surface area contributed by atoms with E-state index in [1.54, 1.807) is 62.8 Å². The smallest absolute Gasteiger partial charge is 0.274 e. The Balaban J connectivity index is 1.73. The van der Waals surface area contributed by atoms with E-state index >= 15 is 0 Å². The van der Waals surface area contributed by atoms with Crippen molar-refractivity contribution in [2.24, 2.45) is 0 Å². The summed E-state index contributed by atoms with van der Waals surface area (Å²) in [6, 6.07) is 16.9. The molecule has 2 amide bonds. The van der Waals surface area contributed by atoms with Crippen LogP contribution in [-0.4, -0.2) is 31.0 Å². The first-order chi connectivity index (χ1) is 13.6. The molecule has 3 rings (SSSR count). The summed E-state index contributed by atoms with van der Waals surface area (Å²) in [7, 11) is 3.10. The third-order valence-electron chi connectivity index (χ3n) is 3.91. The molecular weight excluding hydrogens is 358 g/mol. The average Bonchev–Trinajstić information content (AvgIpc) is 2.74. The van der Waals surface area contributed by atoms with Crippen molar-refractivity contribution in [1.29, 1.82) is 0 Å². The lowest BCUT2D eigenvalue weighted by atomic mass is 10.2. The van der Waals surface area contributed by atoms with Gasteiger partial charge in [0.15, 0.2) is 0 Å². The highest BCUT2D eigenvalue weighted by Gasteiger charge is 2.13. The van der Waals surface area contributed by atoms with Gasteiger partial charge in [0, 0.05) is 35.3 Å². The Bertz CT molecular complexity index is 927. The van der Waals surface area contributed by atoms with E-state index in [2.05, 4.69) is 15.6 Å². The van der Waals surface area contributed by atoms with Gasteiger partial charge in [0.05, 0.1) is 14.2 Å². The van der Waals surface area contributed by atoms with E-state index in [-0.39, 0.29) is 11.6 Å². The molecule has 7 nitrogen and oxygen atoms in total. The van der Waals surface area contributed by atoms with Crippen LogP contribution in [0.4, 0.5) is 11.4 Å². The molecule has 0 aliphatic rings. The maximum Gasteiger partial charge on any atom is 0.274 e. The lowest BCUT2D eigenvalue weighted by Gasteiger charge is -2.09. The molecule has 0 fully saturated rings. The zero-order chi connectivity index (χ0) is 19.9. The Hall–Kier alpha value is -3.87. The van der Waals surface area contributed by atoms with E-state index in [1.807, 2.05) is 0 Å². The molecule has 0 saturated heterocycles. The van der Waals surface area contributed by atoms with Crippen molar-refractivity contribution in [3.05, 3.63) is 78.1 Å². The van der Waals surface area contributed by atoms with Crippen molar-refractivity contribution >= 4 is 23.2 Å². The van der Waals surface area contributed by atoms with Crippen molar-refractivity contribution in [3.8, 4) is 11.5 Å². The third-order valence-corrected chi connectivity index (χ3v) is 3.91. The minimum absolute atomic E-state index is 0.126. The fraction of sp³-hybridized carbons (Fsp3) is 0.0952. The van der Waals surface area contributed by atoms with Gasteiger partial charge in [-0.1, -0.05) is 12.1 Å². The number of methoxy groups -OCH3 is 2. The summed E-state index contributed by atoms with van der Waals surface area (Å²) in [5.41, 5.74) is 1.59. The molecule has 1 aromatic heterocycles. The number of ether oxygens (including phenoxy) is 2. The lowest BCUT2D eigenvalue weighted by molar-refractivity contribution is 0.102. The van der Waals surface area contributed by atoms with Crippen LogP contribution in [0.15, 0.2) is 66.9 Å². The lowest BCUT2D eigenvalue weighted by Crippen LogP contribution is -2.17. The van der Waals surface area contributed by atoms with Crippen LogP contribution in [0.3, 0.4) is 0 Å². The van der Waals surface area contributed by atoms with E-state index in [0.717, 1.165) is 0 Å². The molecule has 1 heterocycles. The van der Waals surface area contributed by atoms with Crippen LogP contribution in [0.5, 0.6) is 11.5 Å². The molecule has 28 heavy (non-hydrogen) atoms. The maximum absolute atomic E-state index is 12.5. The summed E-state index contributed by atoms with van der Waals surface area (Å²) in [5.74, 6) is 0.471. The number of hydrogen-bond acceptors (Lipinski definition) is 5. The van der Waals surface area contributed by atoms with Crippen molar-refractivity contribution in [1.82, 2.24) is 4.98 Å². The number of nitrogens with one attached hydrogen (secondary N) is 2. The van der Waals surface area contributed by atoms with E-state index in [4.69, 9.17) is 9.47 Å². The standard InChI is InChI=1S/C21H19N3O4/c1-27-17-7-3-5-15(12-17)23-20(25)14-9-10-22-19(11-14)21(26)24-16-6-4-8-18(13-16)28-2/h3-13H,1-2H3,(H,23,25)(H,24,26). The molecule has 2 N–H and O–H groups in total. The number of anilines is 2. The predicted molar refractivity (Wildman–Crippen MR) is 106 cm³/mol. The number of pyridine rings is 1. The molecule has 142 valence electrons. The maximum atomic E-state index is 12.5. The summed E-state index contributed by atoms with van der Waals surface area (Å²) in [4.78, 5) is 29.0. The van der Waals surface area contributed by atoms with Crippen molar-refractivity contribution < 1.29 is 19.1 Å². The van der Waals surface area contributed by atoms with Gasteiger partial charge < -0.3 is 20.1 Å². The van der Waals surface area contributed by atoms with Gasteiger partial charge in [-0.3, -0.25) is 14.6 Å². The number of hydrogen-bond donors (Lipinski definition) is 2. The van der Waals surface area contributed by atoms with Gasteiger partial charge in [0.2, 0.25) is 0 Å². The molecular formula is C21H19N3O4. The van der Waals surface area contributed by atoms with Gasteiger partial charge in [0.25, 0.3) is 11.8 Å². The van der Waals surface area contributed by atoms with Gasteiger partial charge in [-0.25, -0.2) is 0 Å². The summed E-state index contributed by atoms with van der Waals surface area (Å²) in [6.45, 7) is 0. The van der Waals surface area contributed by atoms with Crippen molar-refractivity contribution in [3.63, 3.8) is 0 Å². The Labute approximate surface area is 162 Å². The van der Waals surface area contributed by atoms with Crippen LogP contribution < -0.4 is 20.1 Å². The number of carbonyl (C=O) groups excluding carboxylic acids is 2. The molecule has 3 aromatic rings. The van der Waals surface area contributed by atoms with Crippen LogP contribution in [0.25, 0.3) is 0 Å². The highest BCUT2D eigenvalue weighted by Crippen LogP contribution is 2.19. The third kappa shape index (κ3) is 4.64. The molecule has 0 unspecified atom stereocenters. The first kappa shape index (κ1) is 18.9. The molecule has 0 saturated carbocycles. The van der Waals surface area contributed by atoms with Crippen molar-refractivity contribution in [2.45, 2.75) is 0 Å². The molecule has 0 atom stereocenters. The average molecular weight is 377 g/mol. The summed E-state index contributed by atoms with van der Waals surface area (Å²) >= 11 is 0. The number of aromatic nitrogens is 1. The highest BCUT2D eigenvalue weighted by molar-refractivity contribution is 6.07. The zero-order valence-corrected chi connectivity index (χ0v) is 15.4. The highest BCUT2D eigenvalue weighted by atomic mass is 16.5. The van der Waals surface area contributed by atoms with Gasteiger partial charge in [-0.15, -0.1) is 0 Å². The Morgan fingerprint density at radius 1 is 0.786 bits per heavy atom. The zero-order valence-electron chi connectivity index (χ0n) is 15.4. The fourth-order valence-electron chi connectivity index (χ4n) is 2.50. The number of benzene rings is 2. The van der Waals surface area contributed by atoms with Gasteiger partial charge >= 0.3 is 0 Å². The van der Waals surface area contributed by atoms with Crippen LogP contribution in [0.2, 0.25) is 0 Å². The predicted octanol–water partition coefficient (Wildman–Crippen LogP) is 3.60. The molecule has 2 aromatic carbocycles. The molecule has 0 bridgehead atoms. The normalized spacial score (nSPS) is 10.1. The Kier molecular flexibility index (Phi) is 5.86. The van der Waals surface area contributed by atoms with E-state index in [1.165, 1.54) is 18.3 Å². The SMILES string of the molecule is COc1cccc(NC(=O)c2ccnc(C(=O)Nc3cccc(OC)c3)c2)c1. The summed E-state index contributed by atoms with van der Waals surface area (Å²) < 4.78 is 10.3. The Morgan fingerprint density at radius 3 is 1.93 bits per heavy atom. The minimum atomic E-state index is -0.427. The fourth-order valence-corrected chi connectivity index (χ4v) is 2.50. The van der Waals surface area contributed by atoms with E-state index < -0.39 is 5.91 Å². The number of rotatable bonds is 6. The van der Waals surface area contributed by atoms with Crippen molar-refractivity contribution in [2.75, 3.05) is 24.9 Å². The largest absolute Gasteiger partial charge is 0.497 e. The van der Waals surface area contributed by atoms with Crippen LogP contribution in [-0.2, 0) is 0 Å². The second-order valence-electron chi connectivity index (χ2n) is 5.80. The second kappa shape index (κ2) is 8.68. The summed E-state index contributed by atoms with van der Waals surface area (Å²) in [6.07, 6.45) is 1.42. The Morgan fingerprint density at radius 2 is 1.36 bits per heavy atom. The molecule has 0 aliphatic heterocycles. The van der Waals surface area contributed by atoms with Crippen LogP contribution in [0, 0.1) is 0 Å². The van der Waals surface area contributed by atoms with Gasteiger partial charge in [-0.05, 0) is 36.4 Å². The van der Waals surface area contributed by atoms with Crippen LogP contribution >= 0.6 is 0 Å². The van der Waals surface area contributed by atoms with E-state index in [9.17, 15) is 9.59 Å². The second-order valence-corrected chi connectivity index (χ2v) is 5.80. The summed E-state index contributed by atoms with van der Waals surface area (Å²) in [5, 5.41) is 5.50. The number of nitrogens with zero attached hydrogens (tertiary/aromatic N) is 1. The topological polar surface area (TPSA) is 89.5 Å². The minimum Gasteiger partial charge on any atom is -0.497 e. The molecule has 0 radical (unpaired) electrons. The molecule has 0 aliphatic carbocycles. The van der Waals surface area contributed by atoms with E-state index in [0.29, 0.717) is 28.4 Å². The van der Waals surface area contributed by atoms with Gasteiger partial charge in [-0.2, -0.15) is 0 Å². The molecule has 7 heteroatoms. The first-order valence-corrected chi connectivity index (χ1v) is 8.46. The quantitative estimate of drug-likeness (QED) is 0.685. The monoisotopic (exact) mass is 377 g/mol. The number of carbonyl (C=O) groups is 2. The number of amides is 2. The van der Waals surface area contributed by atoms with Gasteiger partial charge in [0.1, 0.15) is 17.2 Å².